The molecule has 0 saturated carbocycles. The lowest BCUT2D eigenvalue weighted by Crippen LogP contribution is -2.51. The van der Waals surface area contributed by atoms with Crippen LogP contribution in [0.1, 0.15) is 36.7 Å². The summed E-state index contributed by atoms with van der Waals surface area (Å²) < 4.78 is 47.2. The highest BCUT2D eigenvalue weighted by Gasteiger charge is 2.47. The second-order valence-electron chi connectivity index (χ2n) is 9.21. The van der Waals surface area contributed by atoms with E-state index in [-0.39, 0.29) is 55.1 Å². The van der Waals surface area contributed by atoms with Gasteiger partial charge in [-0.25, -0.2) is 0 Å². The molecule has 2 aromatic rings. The van der Waals surface area contributed by atoms with Gasteiger partial charge < -0.3 is 20.3 Å². The van der Waals surface area contributed by atoms with Crippen LogP contribution in [-0.2, 0) is 21.4 Å². The fraction of sp³-hybridized carbons (Fsp3) is 0.500. The molecule has 3 atom stereocenters. The zero-order chi connectivity index (χ0) is 23.8. The van der Waals surface area contributed by atoms with Crippen LogP contribution in [0, 0.1) is 0 Å². The van der Waals surface area contributed by atoms with Gasteiger partial charge in [0.1, 0.15) is 6.10 Å². The van der Waals surface area contributed by atoms with Crippen LogP contribution in [0.15, 0.2) is 42.6 Å². The van der Waals surface area contributed by atoms with Crippen molar-refractivity contribution in [3.63, 3.8) is 0 Å². The van der Waals surface area contributed by atoms with Crippen LogP contribution in [0.25, 0.3) is 0 Å². The van der Waals surface area contributed by atoms with Gasteiger partial charge in [-0.2, -0.15) is 13.2 Å². The van der Waals surface area contributed by atoms with Crippen molar-refractivity contribution in [3.05, 3.63) is 59.4 Å². The third-order valence-electron chi connectivity index (χ3n) is 6.66. The molecule has 2 heterocycles. The Balaban J connectivity index is 0.00000216. The van der Waals surface area contributed by atoms with E-state index >= 15 is 0 Å². The van der Waals surface area contributed by atoms with Crippen LogP contribution in [0.5, 0.6) is 0 Å². The molecule has 2 aliphatic rings. The number of nitrogens with zero attached hydrogens (tertiary/aromatic N) is 2. The average molecular weight is 535 g/mol. The first-order valence-corrected chi connectivity index (χ1v) is 11.1. The van der Waals surface area contributed by atoms with E-state index in [1.54, 1.807) is 6.07 Å². The maximum absolute atomic E-state index is 14.0. The molecular formula is C24H31Cl2F3N4O2. The lowest BCUT2D eigenvalue weighted by Gasteiger charge is -2.33. The quantitative estimate of drug-likeness (QED) is 0.599. The zero-order valence-electron chi connectivity index (χ0n) is 19.8. The summed E-state index contributed by atoms with van der Waals surface area (Å²) in [5.41, 5.74) is 2.80. The number of hydrogen-bond acceptors (Lipinski definition) is 5. The third kappa shape index (κ3) is 6.02. The molecule has 4 rings (SSSR count). The van der Waals surface area contributed by atoms with Crippen molar-refractivity contribution in [2.24, 2.45) is 0 Å². The molecule has 2 unspecified atom stereocenters. The first-order chi connectivity index (χ1) is 15.6. The molecule has 2 N–H and O–H groups in total. The minimum absolute atomic E-state index is 0. The number of aromatic nitrogens is 1. The number of likely N-dealkylation sites (N-methyl/N-ethyl adjacent to an activating group) is 1. The van der Waals surface area contributed by atoms with Gasteiger partial charge in [0.05, 0.1) is 24.2 Å². The van der Waals surface area contributed by atoms with E-state index in [0.29, 0.717) is 17.1 Å². The second kappa shape index (κ2) is 11.3. The summed E-state index contributed by atoms with van der Waals surface area (Å²) in [4.78, 5) is 17.4. The lowest BCUT2D eigenvalue weighted by atomic mass is 9.83. The predicted octanol–water partition coefficient (Wildman–Crippen LogP) is 4.29. The molecule has 1 aromatic heterocycles. The summed E-state index contributed by atoms with van der Waals surface area (Å²) in [5.74, 6) is -0.723. The number of rotatable bonds is 5. The number of alkyl halides is 3. The highest BCUT2D eigenvalue weighted by atomic mass is 35.5. The first-order valence-electron chi connectivity index (χ1n) is 11.1. The van der Waals surface area contributed by atoms with Crippen LogP contribution in [0.4, 0.5) is 18.9 Å². The largest absolute Gasteiger partial charge is 0.414 e. The number of pyridine rings is 1. The Morgan fingerprint density at radius 1 is 1.23 bits per heavy atom. The van der Waals surface area contributed by atoms with Crippen molar-refractivity contribution in [1.29, 1.82) is 0 Å². The molecule has 1 aromatic carbocycles. The highest BCUT2D eigenvalue weighted by Crippen LogP contribution is 2.40. The second-order valence-corrected chi connectivity index (χ2v) is 9.21. The number of fused-ring (bicyclic) bond motifs is 1. The van der Waals surface area contributed by atoms with Crippen LogP contribution in [0.2, 0.25) is 0 Å². The molecule has 6 nitrogen and oxygen atoms in total. The smallest absolute Gasteiger partial charge is 0.380 e. The Morgan fingerprint density at radius 2 is 1.94 bits per heavy atom. The monoisotopic (exact) mass is 534 g/mol. The van der Waals surface area contributed by atoms with E-state index in [4.69, 9.17) is 4.74 Å². The van der Waals surface area contributed by atoms with Crippen LogP contribution < -0.4 is 10.6 Å². The van der Waals surface area contributed by atoms with E-state index in [2.05, 4.69) is 41.6 Å². The molecule has 1 fully saturated rings. The van der Waals surface area contributed by atoms with Gasteiger partial charge in [0, 0.05) is 31.6 Å². The van der Waals surface area contributed by atoms with E-state index in [1.807, 2.05) is 12.1 Å². The van der Waals surface area contributed by atoms with Gasteiger partial charge in [0.2, 0.25) is 0 Å². The van der Waals surface area contributed by atoms with Crippen molar-refractivity contribution >= 4 is 36.4 Å². The molecule has 35 heavy (non-hydrogen) atoms. The number of ether oxygens (including phenoxy) is 1. The molecular weight excluding hydrogens is 504 g/mol. The Bertz CT molecular complexity index is 999. The minimum atomic E-state index is -4.68. The minimum Gasteiger partial charge on any atom is -0.380 e. The Kier molecular flexibility index (Phi) is 9.44. The molecule has 1 aliphatic carbocycles. The molecule has 1 saturated heterocycles. The molecule has 0 radical (unpaired) electrons. The van der Waals surface area contributed by atoms with E-state index in [9.17, 15) is 18.0 Å². The van der Waals surface area contributed by atoms with Crippen molar-refractivity contribution in [2.45, 2.75) is 50.0 Å². The third-order valence-corrected chi connectivity index (χ3v) is 6.66. The van der Waals surface area contributed by atoms with Gasteiger partial charge in [-0.1, -0.05) is 38.1 Å². The number of benzene rings is 1. The predicted molar refractivity (Wildman–Crippen MR) is 133 cm³/mol. The Hall–Kier alpha value is -2.07. The van der Waals surface area contributed by atoms with Gasteiger partial charge >= 0.3 is 6.18 Å². The van der Waals surface area contributed by atoms with Crippen LogP contribution >= 0.6 is 24.8 Å². The number of hydrogen-bond donors (Lipinski definition) is 2. The van der Waals surface area contributed by atoms with E-state index < -0.39 is 24.2 Å². The molecule has 194 valence electrons. The molecule has 1 aliphatic heterocycles. The Morgan fingerprint density at radius 3 is 2.51 bits per heavy atom. The van der Waals surface area contributed by atoms with Crippen LogP contribution in [-0.4, -0.2) is 60.9 Å². The number of morpholine rings is 1. The average Bonchev–Trinajstić information content (AvgIpc) is 3.04. The first kappa shape index (κ1) is 29.2. The number of amides is 1. The van der Waals surface area contributed by atoms with Crippen molar-refractivity contribution in [2.75, 3.05) is 32.1 Å². The van der Waals surface area contributed by atoms with Crippen LogP contribution in [0.3, 0.4) is 0 Å². The highest BCUT2D eigenvalue weighted by molar-refractivity contribution is 5.85. The summed E-state index contributed by atoms with van der Waals surface area (Å²) in [6.07, 6.45) is -3.39. The summed E-state index contributed by atoms with van der Waals surface area (Å²) in [7, 11) is 1.14. The number of carbonyl (C=O) groups is 1. The molecule has 0 spiro atoms. The van der Waals surface area contributed by atoms with Gasteiger partial charge in [-0.3, -0.25) is 9.78 Å². The van der Waals surface area contributed by atoms with Crippen molar-refractivity contribution in [3.8, 4) is 0 Å². The summed E-state index contributed by atoms with van der Waals surface area (Å²) in [5, 5.41) is 6.40. The number of anilines is 1. The van der Waals surface area contributed by atoms with Gasteiger partial charge in [0.25, 0.3) is 5.91 Å². The van der Waals surface area contributed by atoms with Gasteiger partial charge in [-0.05, 0) is 29.7 Å². The van der Waals surface area contributed by atoms with E-state index in [0.717, 1.165) is 13.5 Å². The SMILES string of the molecule is CN(C(=O)C1CNCCO1)[C@@H](c1ccc(NC2Cc3ccccc3C2(C)C)cn1)C(F)(F)F.Cl.Cl. The molecule has 11 heteroatoms. The fourth-order valence-corrected chi connectivity index (χ4v) is 4.74. The summed E-state index contributed by atoms with van der Waals surface area (Å²) in [6.45, 7) is 5.33. The van der Waals surface area contributed by atoms with Crippen molar-refractivity contribution in [1.82, 2.24) is 15.2 Å². The van der Waals surface area contributed by atoms with Gasteiger partial charge in [0.15, 0.2) is 6.04 Å². The summed E-state index contributed by atoms with van der Waals surface area (Å²) >= 11 is 0. The number of carbonyl (C=O) groups excluding carboxylic acids is 1. The normalized spacial score (nSPS) is 21.7. The Labute approximate surface area is 215 Å². The molecule has 1 amide bonds. The maximum atomic E-state index is 14.0. The summed E-state index contributed by atoms with van der Waals surface area (Å²) in [6, 6.07) is 9.10. The number of nitrogens with one attached hydrogen (secondary N) is 2. The standard InChI is InChI=1S/C24H29F3N4O2.2ClH/c1-23(2)17-7-5-4-6-15(17)12-20(23)30-16-8-9-18(29-13-16)21(24(25,26)27)31(3)22(32)19-14-28-10-11-33-19;;/h4-9,13,19-21,28,30H,10-12,14H2,1-3H3;2*1H/t19?,20?,21-;;/m0../s1. The fourth-order valence-electron chi connectivity index (χ4n) is 4.74. The topological polar surface area (TPSA) is 66.5 Å². The zero-order valence-corrected chi connectivity index (χ0v) is 21.4. The van der Waals surface area contributed by atoms with Crippen molar-refractivity contribution < 1.29 is 22.7 Å². The molecule has 0 bridgehead atoms. The maximum Gasteiger partial charge on any atom is 0.414 e. The lowest BCUT2D eigenvalue weighted by molar-refractivity contribution is -0.194. The van der Waals surface area contributed by atoms with Gasteiger partial charge in [-0.15, -0.1) is 24.8 Å². The number of halogens is 5. The van der Waals surface area contributed by atoms with E-state index in [1.165, 1.54) is 23.4 Å².